The molecule has 0 aromatic carbocycles. The Morgan fingerprint density at radius 1 is 1.14 bits per heavy atom. The highest BCUT2D eigenvalue weighted by atomic mass is 31.2. The summed E-state index contributed by atoms with van der Waals surface area (Å²) in [6.45, 7) is 0. The van der Waals surface area contributed by atoms with Gasteiger partial charge >= 0.3 is 21.2 Å². The molecule has 0 heterocycles. The second-order valence-electron chi connectivity index (χ2n) is 2.54. The maximum Gasteiger partial charge on any atom is 0.358 e. The van der Waals surface area contributed by atoms with Crippen molar-refractivity contribution >= 4 is 21.2 Å². The average molecular weight is 249 g/mol. The predicted molar refractivity (Wildman–Crippen MR) is 43.3 cm³/mol. The zero-order chi connectivity index (χ0) is 11.8. The van der Waals surface area contributed by atoms with Crippen molar-refractivity contribution < 1.29 is 38.6 Å². The van der Waals surface area contributed by atoms with E-state index in [1.807, 2.05) is 0 Å². The van der Waals surface area contributed by atoms with Crippen LogP contribution in [0.3, 0.4) is 0 Å². The minimum absolute atomic E-state index is 1.53. The molecule has 0 rings (SSSR count). The quantitative estimate of drug-likeness (QED) is 0.321. The van der Waals surface area contributed by atoms with Crippen molar-refractivity contribution in [1.82, 2.24) is 0 Å². The summed E-state index contributed by atoms with van der Waals surface area (Å²) in [5.41, 5.74) is 4.75. The Balaban J connectivity index is 5.41. The van der Waals surface area contributed by atoms with Crippen LogP contribution in [0.5, 0.6) is 0 Å². The molecule has 0 atom stereocenters. The smallest absolute Gasteiger partial charge is 0.358 e. The van der Waals surface area contributed by atoms with Gasteiger partial charge in [-0.15, -0.1) is 0 Å². The van der Waals surface area contributed by atoms with E-state index < -0.39 is 32.6 Å². The van der Waals surface area contributed by atoms with Gasteiger partial charge in [-0.2, -0.15) is 0 Å². The van der Waals surface area contributed by atoms with Crippen molar-refractivity contribution in [3.63, 3.8) is 0 Å². The second-order valence-corrected chi connectivity index (χ2v) is 6.66. The standard InChI is InChI=1S/C3H9NO8P2/c4-3(1-2(5)6,13(7,8)9)14(10,11)12/h1,4H2,(H,5,6)(H2,7,8,9)(H2,10,11,12). The van der Waals surface area contributed by atoms with Gasteiger partial charge in [0.25, 0.3) is 0 Å². The molecular formula is C3H9NO8P2. The molecule has 0 aromatic rings. The molecule has 0 aliphatic carbocycles. The molecular weight excluding hydrogens is 240 g/mol. The monoisotopic (exact) mass is 249 g/mol. The van der Waals surface area contributed by atoms with Crippen LogP contribution in [0.25, 0.3) is 0 Å². The first-order chi connectivity index (χ1) is 5.92. The van der Waals surface area contributed by atoms with E-state index in [1.165, 1.54) is 0 Å². The number of rotatable bonds is 4. The van der Waals surface area contributed by atoms with E-state index in [9.17, 15) is 13.9 Å². The number of carbonyl (C=O) groups is 1. The minimum Gasteiger partial charge on any atom is -0.481 e. The zero-order valence-corrected chi connectivity index (χ0v) is 8.43. The highest BCUT2D eigenvalue weighted by molar-refractivity contribution is 7.72. The molecule has 0 saturated carbocycles. The van der Waals surface area contributed by atoms with Gasteiger partial charge in [0.1, 0.15) is 0 Å². The van der Waals surface area contributed by atoms with Crippen LogP contribution in [0.1, 0.15) is 6.42 Å². The van der Waals surface area contributed by atoms with Crippen LogP contribution in [0, 0.1) is 0 Å². The van der Waals surface area contributed by atoms with Gasteiger partial charge in [-0.05, 0) is 0 Å². The zero-order valence-electron chi connectivity index (χ0n) is 6.64. The van der Waals surface area contributed by atoms with Crippen LogP contribution in [-0.4, -0.2) is 35.7 Å². The summed E-state index contributed by atoms with van der Waals surface area (Å²) >= 11 is 0. The highest BCUT2D eigenvalue weighted by Crippen LogP contribution is 2.67. The van der Waals surface area contributed by atoms with E-state index in [0.717, 1.165) is 0 Å². The molecule has 0 saturated heterocycles. The Morgan fingerprint density at radius 3 is 1.50 bits per heavy atom. The number of aliphatic carboxylic acids is 1. The molecule has 0 unspecified atom stereocenters. The fourth-order valence-electron chi connectivity index (χ4n) is 0.598. The summed E-state index contributed by atoms with van der Waals surface area (Å²) in [5.74, 6) is -1.82. The summed E-state index contributed by atoms with van der Waals surface area (Å²) in [7, 11) is -10.9. The van der Waals surface area contributed by atoms with E-state index in [-0.39, 0.29) is 0 Å². The van der Waals surface area contributed by atoms with E-state index in [0.29, 0.717) is 0 Å². The van der Waals surface area contributed by atoms with Gasteiger partial charge < -0.3 is 30.4 Å². The fourth-order valence-corrected chi connectivity index (χ4v) is 2.64. The Morgan fingerprint density at radius 2 is 1.43 bits per heavy atom. The SMILES string of the molecule is NC(CC(=O)O)(P(=O)(O)O)P(=O)(O)O. The van der Waals surface area contributed by atoms with Crippen LogP contribution in [0.15, 0.2) is 0 Å². The number of hydrogen-bond acceptors (Lipinski definition) is 4. The van der Waals surface area contributed by atoms with Crippen molar-refractivity contribution in [2.75, 3.05) is 0 Å². The molecule has 14 heavy (non-hydrogen) atoms. The Hall–Kier alpha value is -0.270. The van der Waals surface area contributed by atoms with Crippen LogP contribution in [-0.2, 0) is 13.9 Å². The Bertz CT molecular complexity index is 303. The molecule has 9 nitrogen and oxygen atoms in total. The van der Waals surface area contributed by atoms with Gasteiger partial charge in [0.05, 0.1) is 6.42 Å². The topological polar surface area (TPSA) is 178 Å². The van der Waals surface area contributed by atoms with Crippen LogP contribution >= 0.6 is 15.2 Å². The summed E-state index contributed by atoms with van der Waals surface area (Å²) < 4.78 is 21.3. The van der Waals surface area contributed by atoms with Crippen molar-refractivity contribution in [2.24, 2.45) is 5.73 Å². The molecule has 0 fully saturated rings. The third-order valence-corrected chi connectivity index (χ3v) is 5.32. The Labute approximate surface area is 77.9 Å². The number of carboxylic acids is 1. The average Bonchev–Trinajstić information content (AvgIpc) is 1.79. The molecule has 0 aliphatic heterocycles. The van der Waals surface area contributed by atoms with Crippen LogP contribution in [0.4, 0.5) is 0 Å². The molecule has 7 N–H and O–H groups in total. The normalized spacial score (nSPS) is 14.1. The minimum atomic E-state index is -5.43. The van der Waals surface area contributed by atoms with Gasteiger partial charge in [-0.1, -0.05) is 0 Å². The van der Waals surface area contributed by atoms with E-state index in [1.54, 1.807) is 0 Å². The number of hydrogen-bond donors (Lipinski definition) is 6. The first-order valence-corrected chi connectivity index (χ1v) is 6.26. The number of nitrogens with two attached hydrogens (primary N) is 1. The van der Waals surface area contributed by atoms with E-state index >= 15 is 0 Å². The highest BCUT2D eigenvalue weighted by Gasteiger charge is 2.58. The molecule has 0 spiro atoms. The molecule has 0 aromatic heterocycles. The largest absolute Gasteiger partial charge is 0.481 e. The second kappa shape index (κ2) is 3.71. The lowest BCUT2D eigenvalue weighted by atomic mass is 10.4. The summed E-state index contributed by atoms with van der Waals surface area (Å²) in [6.07, 6.45) is -1.53. The third kappa shape index (κ3) is 2.61. The predicted octanol–water partition coefficient (Wildman–Crippen LogP) is -1.57. The van der Waals surface area contributed by atoms with Gasteiger partial charge in [-0.25, -0.2) is 0 Å². The first-order valence-electron chi connectivity index (χ1n) is 3.04. The lowest BCUT2D eigenvalue weighted by Gasteiger charge is -2.28. The summed E-state index contributed by atoms with van der Waals surface area (Å²) in [5, 5.41) is 4.84. The van der Waals surface area contributed by atoms with Crippen LogP contribution in [0.2, 0.25) is 0 Å². The first kappa shape index (κ1) is 13.7. The molecule has 0 bridgehead atoms. The van der Waals surface area contributed by atoms with Gasteiger partial charge in [0, 0.05) is 0 Å². The molecule has 11 heteroatoms. The summed E-state index contributed by atoms with van der Waals surface area (Å²) in [6, 6.07) is 0. The van der Waals surface area contributed by atoms with Crippen molar-refractivity contribution in [2.45, 2.75) is 11.4 Å². The van der Waals surface area contributed by atoms with E-state index in [4.69, 9.17) is 30.4 Å². The van der Waals surface area contributed by atoms with Crippen LogP contribution < -0.4 is 5.73 Å². The number of carboxylic acid groups (broad SMARTS) is 1. The molecule has 84 valence electrons. The molecule has 0 radical (unpaired) electrons. The van der Waals surface area contributed by atoms with Crippen molar-refractivity contribution in [3.05, 3.63) is 0 Å². The maximum atomic E-state index is 10.6. The maximum absolute atomic E-state index is 10.6. The van der Waals surface area contributed by atoms with Gasteiger partial charge in [0.15, 0.2) is 0 Å². The van der Waals surface area contributed by atoms with Crippen molar-refractivity contribution in [1.29, 1.82) is 0 Å². The third-order valence-electron chi connectivity index (χ3n) is 1.42. The fraction of sp³-hybridized carbons (Fsp3) is 0.667. The van der Waals surface area contributed by atoms with Crippen molar-refractivity contribution in [3.8, 4) is 0 Å². The van der Waals surface area contributed by atoms with E-state index in [2.05, 4.69) is 0 Å². The lowest BCUT2D eigenvalue weighted by Crippen LogP contribution is -2.41. The molecule has 0 amide bonds. The van der Waals surface area contributed by atoms with Gasteiger partial charge in [-0.3, -0.25) is 13.9 Å². The van der Waals surface area contributed by atoms with Gasteiger partial charge in [0.2, 0.25) is 5.02 Å². The molecule has 0 aliphatic rings. The summed E-state index contributed by atoms with van der Waals surface area (Å²) in [4.78, 5) is 44.3. The Kier molecular flexibility index (Phi) is 3.64. The lowest BCUT2D eigenvalue weighted by molar-refractivity contribution is -0.137.